The van der Waals surface area contributed by atoms with E-state index in [-0.39, 0.29) is 30.0 Å². The molecule has 1 atom stereocenters. The zero-order chi connectivity index (χ0) is 16.5. The molecule has 0 aliphatic rings. The maximum atomic E-state index is 12.2. The summed E-state index contributed by atoms with van der Waals surface area (Å²) in [4.78, 5) is 16.3. The molecule has 8 heteroatoms. The number of aromatic amines is 1. The number of fused-ring (bicyclic) bond motifs is 1. The van der Waals surface area contributed by atoms with Gasteiger partial charge in [0.2, 0.25) is 0 Å². The summed E-state index contributed by atoms with van der Waals surface area (Å²) >= 11 is 0. The zero-order valence-electron chi connectivity index (χ0n) is 11.9. The Labute approximate surface area is 124 Å². The van der Waals surface area contributed by atoms with Crippen LogP contribution in [-0.2, 0) is 0 Å². The van der Waals surface area contributed by atoms with Gasteiger partial charge in [0.25, 0.3) is 5.91 Å². The summed E-state index contributed by atoms with van der Waals surface area (Å²) in [7, 11) is 1.53. The average molecular weight is 316 g/mol. The molecule has 0 saturated carbocycles. The molecule has 2 rings (SSSR count). The summed E-state index contributed by atoms with van der Waals surface area (Å²) in [6.07, 6.45) is -4.77. The molecule has 120 valence electrons. The Morgan fingerprint density at radius 3 is 2.68 bits per heavy atom. The second kappa shape index (κ2) is 5.88. The van der Waals surface area contributed by atoms with Crippen LogP contribution >= 0.6 is 0 Å². The molecule has 0 fully saturated rings. The average Bonchev–Trinajstić information content (AvgIpc) is 2.86. The maximum Gasteiger partial charge on any atom is 0.573 e. The van der Waals surface area contributed by atoms with Crippen LogP contribution in [0.25, 0.3) is 10.9 Å². The molecule has 0 saturated heterocycles. The van der Waals surface area contributed by atoms with E-state index >= 15 is 0 Å². The Balaban J connectivity index is 2.29. The molecule has 22 heavy (non-hydrogen) atoms. The van der Waals surface area contributed by atoms with Crippen LogP contribution in [0.2, 0.25) is 0 Å². The predicted molar refractivity (Wildman–Crippen MR) is 73.6 cm³/mol. The van der Waals surface area contributed by atoms with Crippen molar-refractivity contribution < 1.29 is 27.8 Å². The number of halogens is 3. The number of benzene rings is 1. The van der Waals surface area contributed by atoms with Gasteiger partial charge in [-0.15, -0.1) is 13.2 Å². The molecule has 2 N–H and O–H groups in total. The number of ether oxygens (including phenoxy) is 1. The van der Waals surface area contributed by atoms with Crippen LogP contribution in [0, 0.1) is 0 Å². The van der Waals surface area contributed by atoms with E-state index in [0.29, 0.717) is 10.9 Å². The number of rotatable bonds is 4. The summed E-state index contributed by atoms with van der Waals surface area (Å²) < 4.78 is 40.4. The Bertz CT molecular complexity index is 682. The maximum absolute atomic E-state index is 12.2. The van der Waals surface area contributed by atoms with Crippen molar-refractivity contribution in [1.82, 2.24) is 9.88 Å². The van der Waals surface area contributed by atoms with Gasteiger partial charge in [-0.2, -0.15) is 0 Å². The molecule has 1 unspecified atom stereocenters. The minimum absolute atomic E-state index is 0.188. The number of amides is 1. The monoisotopic (exact) mass is 316 g/mol. The van der Waals surface area contributed by atoms with Gasteiger partial charge in [-0.3, -0.25) is 4.79 Å². The lowest BCUT2D eigenvalue weighted by Crippen LogP contribution is -2.37. The number of hydrogen-bond acceptors (Lipinski definition) is 3. The number of aromatic nitrogens is 1. The highest BCUT2D eigenvalue weighted by Gasteiger charge is 2.31. The highest BCUT2D eigenvalue weighted by atomic mass is 19.4. The molecular formula is C14H15F3N2O3. The molecule has 2 aromatic rings. The van der Waals surface area contributed by atoms with E-state index in [9.17, 15) is 18.0 Å². The number of nitrogens with zero attached hydrogens (tertiary/aromatic N) is 1. The second-order valence-electron chi connectivity index (χ2n) is 4.93. The predicted octanol–water partition coefficient (Wildman–Crippen LogP) is 2.52. The van der Waals surface area contributed by atoms with Crippen molar-refractivity contribution in [2.24, 2.45) is 0 Å². The Morgan fingerprint density at radius 2 is 2.09 bits per heavy atom. The Hall–Kier alpha value is -2.22. The van der Waals surface area contributed by atoms with E-state index in [2.05, 4.69) is 9.72 Å². The number of aliphatic hydroxyl groups excluding tert-OH is 1. The van der Waals surface area contributed by atoms with Gasteiger partial charge in [0, 0.05) is 24.0 Å². The molecule has 1 aromatic carbocycles. The summed E-state index contributed by atoms with van der Waals surface area (Å²) in [5.41, 5.74) is 0.581. The molecule has 0 bridgehead atoms. The summed E-state index contributed by atoms with van der Waals surface area (Å²) in [5.74, 6) is -0.728. The van der Waals surface area contributed by atoms with Gasteiger partial charge in [0.05, 0.1) is 12.6 Å². The summed E-state index contributed by atoms with van der Waals surface area (Å²) in [5, 5.41) is 9.64. The third-order valence-electron chi connectivity index (χ3n) is 3.30. The third kappa shape index (κ3) is 3.51. The summed E-state index contributed by atoms with van der Waals surface area (Å²) in [6, 6.07) is 4.95. The van der Waals surface area contributed by atoms with E-state index < -0.39 is 6.36 Å². The number of carbonyl (C=O) groups excluding carboxylic acids is 1. The molecule has 0 aliphatic carbocycles. The smallest absolute Gasteiger partial charge is 0.406 e. The Morgan fingerprint density at radius 1 is 1.41 bits per heavy atom. The van der Waals surface area contributed by atoms with Gasteiger partial charge in [0.15, 0.2) is 0 Å². The number of H-pyrrole nitrogens is 1. The van der Waals surface area contributed by atoms with Crippen molar-refractivity contribution in [2.45, 2.75) is 19.3 Å². The Kier molecular flexibility index (Phi) is 4.32. The lowest BCUT2D eigenvalue weighted by atomic mass is 10.2. The normalized spacial score (nSPS) is 13.2. The van der Waals surface area contributed by atoms with Crippen LogP contribution in [0.15, 0.2) is 24.3 Å². The van der Waals surface area contributed by atoms with Gasteiger partial charge in [0.1, 0.15) is 11.4 Å². The molecule has 0 aliphatic heterocycles. The van der Waals surface area contributed by atoms with E-state index in [1.54, 1.807) is 6.92 Å². The fourth-order valence-electron chi connectivity index (χ4n) is 1.93. The lowest BCUT2D eigenvalue weighted by molar-refractivity contribution is -0.274. The van der Waals surface area contributed by atoms with Crippen molar-refractivity contribution in [3.8, 4) is 5.75 Å². The van der Waals surface area contributed by atoms with Gasteiger partial charge < -0.3 is 19.7 Å². The number of hydrogen-bond donors (Lipinski definition) is 2. The van der Waals surface area contributed by atoms with Crippen LogP contribution in [0.1, 0.15) is 17.4 Å². The summed E-state index contributed by atoms with van der Waals surface area (Å²) in [6.45, 7) is 1.49. The SMILES string of the molecule is CC(CO)N(C)C(=O)c1cc2ccc(OC(F)(F)F)cc2[nH]1. The third-order valence-corrected chi connectivity index (χ3v) is 3.30. The molecule has 1 heterocycles. The van der Waals surface area contributed by atoms with Crippen molar-refractivity contribution >= 4 is 16.8 Å². The van der Waals surface area contributed by atoms with Gasteiger partial charge >= 0.3 is 6.36 Å². The first-order chi connectivity index (χ1) is 10.2. The van der Waals surface area contributed by atoms with Crippen LogP contribution < -0.4 is 4.74 Å². The van der Waals surface area contributed by atoms with Gasteiger partial charge in [-0.05, 0) is 25.1 Å². The lowest BCUT2D eigenvalue weighted by Gasteiger charge is -2.22. The van der Waals surface area contributed by atoms with E-state index in [1.165, 1.54) is 36.2 Å². The molecule has 5 nitrogen and oxygen atoms in total. The van der Waals surface area contributed by atoms with Gasteiger partial charge in [-0.25, -0.2) is 0 Å². The first-order valence-corrected chi connectivity index (χ1v) is 6.48. The quantitative estimate of drug-likeness (QED) is 0.911. The van der Waals surface area contributed by atoms with Crippen molar-refractivity contribution in [1.29, 1.82) is 0 Å². The highest BCUT2D eigenvalue weighted by Crippen LogP contribution is 2.27. The van der Waals surface area contributed by atoms with E-state index in [1.807, 2.05) is 0 Å². The van der Waals surface area contributed by atoms with Crippen LogP contribution in [0.5, 0.6) is 5.75 Å². The largest absolute Gasteiger partial charge is 0.573 e. The number of aliphatic hydroxyl groups is 1. The van der Waals surface area contributed by atoms with Crippen molar-refractivity contribution in [2.75, 3.05) is 13.7 Å². The minimum Gasteiger partial charge on any atom is -0.406 e. The van der Waals surface area contributed by atoms with Crippen LogP contribution in [0.3, 0.4) is 0 Å². The van der Waals surface area contributed by atoms with Crippen LogP contribution in [0.4, 0.5) is 13.2 Å². The topological polar surface area (TPSA) is 65.6 Å². The fraction of sp³-hybridized carbons (Fsp3) is 0.357. The number of alkyl halides is 3. The fourth-order valence-corrected chi connectivity index (χ4v) is 1.93. The second-order valence-corrected chi connectivity index (χ2v) is 4.93. The molecule has 1 amide bonds. The van der Waals surface area contributed by atoms with Crippen molar-refractivity contribution in [3.63, 3.8) is 0 Å². The highest BCUT2D eigenvalue weighted by molar-refractivity contribution is 5.98. The molecular weight excluding hydrogens is 301 g/mol. The number of likely N-dealkylation sites (N-methyl/N-ethyl adjacent to an activating group) is 1. The van der Waals surface area contributed by atoms with E-state index in [0.717, 1.165) is 0 Å². The number of carbonyl (C=O) groups is 1. The zero-order valence-corrected chi connectivity index (χ0v) is 11.9. The van der Waals surface area contributed by atoms with Crippen molar-refractivity contribution in [3.05, 3.63) is 30.0 Å². The number of nitrogens with one attached hydrogen (secondary N) is 1. The van der Waals surface area contributed by atoms with E-state index in [4.69, 9.17) is 5.11 Å². The molecule has 0 radical (unpaired) electrons. The first-order valence-electron chi connectivity index (χ1n) is 6.48. The molecule has 1 aromatic heterocycles. The standard InChI is InChI=1S/C14H15F3N2O3/c1-8(7-20)19(2)13(21)12-5-9-3-4-10(6-11(9)18-12)22-14(15,16)17/h3-6,8,18,20H,7H2,1-2H3. The minimum atomic E-state index is -4.77. The first kappa shape index (κ1) is 16.2. The molecule has 0 spiro atoms. The van der Waals surface area contributed by atoms with Crippen LogP contribution in [-0.4, -0.2) is 47.0 Å². The van der Waals surface area contributed by atoms with Gasteiger partial charge in [-0.1, -0.05) is 0 Å².